The number of anilines is 1. The largest absolute Gasteiger partial charge is 0.494 e. The fourth-order valence-corrected chi connectivity index (χ4v) is 10.6. The summed E-state index contributed by atoms with van der Waals surface area (Å²) in [5.41, 5.74) is 1.21. The number of aromatic nitrogens is 1. The minimum Gasteiger partial charge on any atom is -0.494 e. The third-order valence-corrected chi connectivity index (χ3v) is 15.7. The van der Waals surface area contributed by atoms with Crippen molar-refractivity contribution in [1.29, 1.82) is 0 Å². The lowest BCUT2D eigenvalue weighted by molar-refractivity contribution is -0.145. The number of hydrogen-bond donors (Lipinski definition) is 0. The highest BCUT2D eigenvalue weighted by Crippen LogP contribution is 2.36. The fourth-order valence-electron chi connectivity index (χ4n) is 9.67. The third kappa shape index (κ3) is 21.9. The number of carbonyl (C=O) groups is 6. The third-order valence-electron chi connectivity index (χ3n) is 14.6. The van der Waals surface area contributed by atoms with Crippen molar-refractivity contribution in [3.8, 4) is 34.5 Å². The highest BCUT2D eigenvalue weighted by atomic mass is 32.1. The number of thiazole rings is 1. The zero-order chi connectivity index (χ0) is 60.0. The molecule has 0 N–H and O–H groups in total. The van der Waals surface area contributed by atoms with Gasteiger partial charge in [-0.3, -0.25) is 19.2 Å². The summed E-state index contributed by atoms with van der Waals surface area (Å²) < 4.78 is 52.2. The molecule has 0 amide bonds. The molecule has 85 heavy (non-hydrogen) atoms. The Hall–Kier alpha value is -7.90. The van der Waals surface area contributed by atoms with Gasteiger partial charge in [-0.25, -0.2) is 19.6 Å². The van der Waals surface area contributed by atoms with Crippen LogP contribution >= 0.6 is 11.3 Å². The number of para-hydroxylation sites is 1. The van der Waals surface area contributed by atoms with Crippen LogP contribution in [0, 0.1) is 23.7 Å². The SMILES string of the molecule is C=CC(=O)OCCCCCCOc1ccc(OC(=O)C2CCC(C(=O)Oc3ccc(OC(=O)C4CCC(C(=O)Oc5ccc(OCCCCCCOC(=O)C=C)cc5)CC4)c(/C=N/N(CCOCCCC)c4nc5ccccc5s4)c3)CC2)cc1. The molecule has 0 unspecified atom stereocenters. The van der Waals surface area contributed by atoms with Crippen molar-refractivity contribution in [3.63, 3.8) is 0 Å². The maximum absolute atomic E-state index is 14.0. The molecule has 0 spiro atoms. The predicted octanol–water partition coefficient (Wildman–Crippen LogP) is 12.9. The minimum absolute atomic E-state index is 0.213. The van der Waals surface area contributed by atoms with Gasteiger partial charge in [-0.05, 0) is 188 Å². The topological polar surface area (TPSA) is 214 Å². The molecule has 7 rings (SSSR count). The van der Waals surface area contributed by atoms with E-state index in [9.17, 15) is 28.8 Å². The molecule has 4 aromatic carbocycles. The summed E-state index contributed by atoms with van der Waals surface area (Å²) >= 11 is 1.49. The molecule has 1 heterocycles. The Kier molecular flexibility index (Phi) is 26.9. The number of hydrazone groups is 1. The standard InChI is InChI=1S/C66H79N3O15S/c1-4-7-39-76-44-38-69(66-68-57-18-12-13-19-59(57)85-66)67-46-51-45-56(83-64(74)49-22-20-47(21-23-49)62(72)81-54-32-28-52(29-33-54)77-40-14-8-10-16-42-79-60(70)5-2)36-37-58(51)84-65(75)50-26-24-48(25-27-50)63(73)82-55-34-30-53(31-35-55)78-41-15-9-11-17-43-80-61(71)6-3/h5-6,12-13,18-19,28-37,45-50H,2-4,7-11,14-17,20-27,38-44H2,1H3/b67-46+. The molecule has 2 fully saturated rings. The summed E-state index contributed by atoms with van der Waals surface area (Å²) in [6.45, 7) is 12.1. The summed E-state index contributed by atoms with van der Waals surface area (Å²) in [5, 5.41) is 7.26. The molecule has 0 aliphatic heterocycles. The second-order valence-electron chi connectivity index (χ2n) is 21.0. The maximum atomic E-state index is 14.0. The van der Waals surface area contributed by atoms with E-state index in [-0.39, 0.29) is 29.4 Å². The molecule has 0 atom stereocenters. The van der Waals surface area contributed by atoms with Crippen molar-refractivity contribution in [2.45, 2.75) is 122 Å². The highest BCUT2D eigenvalue weighted by Gasteiger charge is 2.34. The monoisotopic (exact) mass is 1190 g/mol. The molecule has 18 nitrogen and oxygen atoms in total. The van der Waals surface area contributed by atoms with Crippen LogP contribution in [0.1, 0.15) is 128 Å². The van der Waals surface area contributed by atoms with E-state index >= 15 is 0 Å². The number of ether oxygens (including phenoxy) is 9. The molecule has 0 radical (unpaired) electrons. The molecule has 1 aromatic heterocycles. The number of benzene rings is 4. The van der Waals surface area contributed by atoms with Crippen LogP contribution < -0.4 is 33.4 Å². The van der Waals surface area contributed by atoms with E-state index in [0.29, 0.717) is 131 Å². The van der Waals surface area contributed by atoms with Gasteiger partial charge in [0.1, 0.15) is 34.5 Å². The molecule has 2 saturated carbocycles. The van der Waals surface area contributed by atoms with Gasteiger partial charge in [0.2, 0.25) is 5.13 Å². The lowest BCUT2D eigenvalue weighted by atomic mass is 9.82. The van der Waals surface area contributed by atoms with Gasteiger partial charge in [0.05, 0.1) is 79.7 Å². The van der Waals surface area contributed by atoms with E-state index in [0.717, 1.165) is 86.6 Å². The molecule has 0 saturated heterocycles. The summed E-state index contributed by atoms with van der Waals surface area (Å²) in [6.07, 6.45) is 16.2. The van der Waals surface area contributed by atoms with Crippen LogP contribution in [0.3, 0.4) is 0 Å². The van der Waals surface area contributed by atoms with Crippen LogP contribution in [0.4, 0.5) is 5.13 Å². The van der Waals surface area contributed by atoms with Crippen molar-refractivity contribution >= 4 is 68.7 Å². The number of hydrogen-bond acceptors (Lipinski definition) is 19. The number of nitrogens with zero attached hydrogens (tertiary/aromatic N) is 3. The van der Waals surface area contributed by atoms with E-state index in [1.165, 1.54) is 11.3 Å². The van der Waals surface area contributed by atoms with Crippen LogP contribution in [-0.2, 0) is 43.0 Å². The van der Waals surface area contributed by atoms with E-state index in [1.807, 2.05) is 24.3 Å². The summed E-state index contributed by atoms with van der Waals surface area (Å²) in [7, 11) is 0. The molecule has 0 bridgehead atoms. The quantitative estimate of drug-likeness (QED) is 0.00921. The number of carbonyl (C=O) groups excluding carboxylic acids is 6. The number of esters is 6. The van der Waals surface area contributed by atoms with Gasteiger partial charge in [-0.15, -0.1) is 0 Å². The molecule has 5 aromatic rings. The Balaban J connectivity index is 0.916. The Morgan fingerprint density at radius 2 is 0.976 bits per heavy atom. The Labute approximate surface area is 501 Å². The average Bonchev–Trinajstić information content (AvgIpc) is 4.18. The average molecular weight is 1190 g/mol. The lowest BCUT2D eigenvalue weighted by Crippen LogP contribution is -2.30. The van der Waals surface area contributed by atoms with Crippen molar-refractivity contribution < 1.29 is 71.4 Å². The second kappa shape index (κ2) is 35.4. The van der Waals surface area contributed by atoms with Gasteiger partial charge in [0, 0.05) is 24.3 Å². The Morgan fingerprint density at radius 1 is 0.529 bits per heavy atom. The minimum atomic E-state index is -0.480. The smallest absolute Gasteiger partial charge is 0.330 e. The maximum Gasteiger partial charge on any atom is 0.330 e. The molecular formula is C66H79N3O15S. The van der Waals surface area contributed by atoms with Gasteiger partial charge in [0.25, 0.3) is 0 Å². The van der Waals surface area contributed by atoms with Gasteiger partial charge >= 0.3 is 35.8 Å². The Morgan fingerprint density at radius 3 is 1.46 bits per heavy atom. The Bertz CT molecular complexity index is 2950. The molecule has 454 valence electrons. The van der Waals surface area contributed by atoms with Crippen molar-refractivity contribution in [2.75, 3.05) is 51.2 Å². The van der Waals surface area contributed by atoms with Crippen LogP contribution in [0.25, 0.3) is 10.2 Å². The van der Waals surface area contributed by atoms with Crippen molar-refractivity contribution in [3.05, 3.63) is 122 Å². The van der Waals surface area contributed by atoms with E-state index in [2.05, 4.69) is 20.1 Å². The first kappa shape index (κ1) is 64.7. The summed E-state index contributed by atoms with van der Waals surface area (Å²) in [4.78, 5) is 81.5. The van der Waals surface area contributed by atoms with Gasteiger partial charge in [-0.2, -0.15) is 5.10 Å². The molecule has 2 aliphatic carbocycles. The normalized spacial score (nSPS) is 16.6. The van der Waals surface area contributed by atoms with E-state index < -0.39 is 41.6 Å². The van der Waals surface area contributed by atoms with Gasteiger partial charge < -0.3 is 42.6 Å². The van der Waals surface area contributed by atoms with Crippen molar-refractivity contribution in [1.82, 2.24) is 4.98 Å². The zero-order valence-electron chi connectivity index (χ0n) is 48.7. The van der Waals surface area contributed by atoms with E-state index in [1.54, 1.807) is 78.0 Å². The predicted molar refractivity (Wildman–Crippen MR) is 323 cm³/mol. The molecule has 19 heteroatoms. The lowest BCUT2D eigenvalue weighted by Gasteiger charge is -2.26. The second-order valence-corrected chi connectivity index (χ2v) is 22.0. The van der Waals surface area contributed by atoms with Crippen molar-refractivity contribution in [2.24, 2.45) is 28.8 Å². The van der Waals surface area contributed by atoms with Crippen LogP contribution in [-0.4, -0.2) is 93.2 Å². The first-order valence-corrected chi connectivity index (χ1v) is 30.6. The molecular weight excluding hydrogens is 1110 g/mol. The first-order valence-electron chi connectivity index (χ1n) is 29.8. The number of rotatable bonds is 35. The highest BCUT2D eigenvalue weighted by molar-refractivity contribution is 7.22. The van der Waals surface area contributed by atoms with Crippen LogP contribution in [0.2, 0.25) is 0 Å². The summed E-state index contributed by atoms with van der Waals surface area (Å²) in [5.74, 6) is -1.58. The number of fused-ring (bicyclic) bond motifs is 1. The van der Waals surface area contributed by atoms with Gasteiger partial charge in [0.15, 0.2) is 0 Å². The summed E-state index contributed by atoms with van der Waals surface area (Å²) in [6, 6.07) is 26.5. The van der Waals surface area contributed by atoms with E-state index in [4.69, 9.17) is 52.7 Å². The van der Waals surface area contributed by atoms with Crippen LogP contribution in [0.5, 0.6) is 34.5 Å². The first-order chi connectivity index (χ1) is 41.5. The van der Waals surface area contributed by atoms with Crippen LogP contribution in [0.15, 0.2) is 121 Å². The van der Waals surface area contributed by atoms with Gasteiger partial charge in [-0.1, -0.05) is 50.0 Å². The number of unbranched alkanes of at least 4 members (excludes halogenated alkanes) is 7. The zero-order valence-corrected chi connectivity index (χ0v) is 49.5. The molecule has 2 aliphatic rings. The fraction of sp³-hybridized carbons (Fsp3) is 0.455.